The minimum atomic E-state index is -1.90. The maximum atomic E-state index is 11.3. The second kappa shape index (κ2) is 6.79. The van der Waals surface area contributed by atoms with Gasteiger partial charge in [-0.25, -0.2) is 9.78 Å². The first-order chi connectivity index (χ1) is 12.1. The Kier molecular flexibility index (Phi) is 4.98. The van der Waals surface area contributed by atoms with Crippen LogP contribution in [0.25, 0.3) is 5.65 Å². The maximum absolute atomic E-state index is 11.3. The number of hydrogen-bond donors (Lipinski definition) is 1. The number of carbonyl (C=O) groups is 1. The summed E-state index contributed by atoms with van der Waals surface area (Å²) in [6, 6.07) is 3.34. The van der Waals surface area contributed by atoms with Gasteiger partial charge >= 0.3 is 5.97 Å². The predicted molar refractivity (Wildman–Crippen MR) is 102 cm³/mol. The number of carboxylic acids is 1. The minimum absolute atomic E-state index is 0.125. The lowest BCUT2D eigenvalue weighted by Gasteiger charge is -2.36. The van der Waals surface area contributed by atoms with Crippen LogP contribution < -0.4 is 0 Å². The summed E-state index contributed by atoms with van der Waals surface area (Å²) in [6.07, 6.45) is 3.57. The fraction of sp³-hybridized carbons (Fsp3) is 0.579. The molecule has 1 unspecified atom stereocenters. The van der Waals surface area contributed by atoms with Crippen molar-refractivity contribution in [3.63, 3.8) is 0 Å². The van der Waals surface area contributed by atoms with Crippen molar-refractivity contribution in [3.8, 4) is 0 Å². The number of carboxylic acid groups (broad SMARTS) is 1. The molecule has 1 atom stereocenters. The van der Waals surface area contributed by atoms with Gasteiger partial charge in [0.05, 0.1) is 29.7 Å². The van der Waals surface area contributed by atoms with E-state index in [9.17, 15) is 9.90 Å². The van der Waals surface area contributed by atoms with Crippen molar-refractivity contribution in [2.75, 3.05) is 6.61 Å². The highest BCUT2D eigenvalue weighted by atomic mass is 28.4. The van der Waals surface area contributed by atoms with Crippen molar-refractivity contribution >= 4 is 19.9 Å². The van der Waals surface area contributed by atoms with Gasteiger partial charge in [-0.1, -0.05) is 20.8 Å². The molecule has 0 saturated carbocycles. The lowest BCUT2D eigenvalue weighted by molar-refractivity contribution is -0.0499. The summed E-state index contributed by atoms with van der Waals surface area (Å²) in [6.45, 7) is 12.3. The normalized spacial score (nSPS) is 18.1. The summed E-state index contributed by atoms with van der Waals surface area (Å²) in [7, 11) is -1.90. The number of fused-ring (bicyclic) bond motifs is 1. The lowest BCUT2D eigenvalue weighted by atomic mass is 10.1. The van der Waals surface area contributed by atoms with E-state index in [2.05, 4.69) is 33.9 Å². The molecule has 0 aromatic carbocycles. The number of aromatic nitrogens is 2. The van der Waals surface area contributed by atoms with Gasteiger partial charge in [-0.2, -0.15) is 0 Å². The third-order valence-corrected chi connectivity index (χ3v) is 10.1. The van der Waals surface area contributed by atoms with Gasteiger partial charge in [-0.05, 0) is 36.7 Å². The second-order valence-electron chi connectivity index (χ2n) is 8.49. The van der Waals surface area contributed by atoms with E-state index in [1.807, 2.05) is 4.40 Å². The Morgan fingerprint density at radius 3 is 2.65 bits per heavy atom. The maximum Gasteiger partial charge on any atom is 0.337 e. The summed E-state index contributed by atoms with van der Waals surface area (Å²) >= 11 is 0. The van der Waals surface area contributed by atoms with Gasteiger partial charge in [0.15, 0.2) is 8.32 Å². The van der Waals surface area contributed by atoms with Gasteiger partial charge in [0, 0.05) is 19.2 Å². The molecule has 2 aromatic heterocycles. The van der Waals surface area contributed by atoms with Crippen LogP contribution in [0.15, 0.2) is 18.3 Å². The third kappa shape index (κ3) is 3.70. The van der Waals surface area contributed by atoms with Crippen molar-refractivity contribution in [2.24, 2.45) is 0 Å². The van der Waals surface area contributed by atoms with E-state index >= 15 is 0 Å². The topological polar surface area (TPSA) is 73.1 Å². The lowest BCUT2D eigenvalue weighted by Crippen LogP contribution is -2.40. The van der Waals surface area contributed by atoms with Crippen molar-refractivity contribution in [2.45, 2.75) is 64.5 Å². The van der Waals surface area contributed by atoms with Gasteiger partial charge in [-0.3, -0.25) is 0 Å². The summed E-state index contributed by atoms with van der Waals surface area (Å²) in [4.78, 5) is 16.1. The third-order valence-electron chi connectivity index (χ3n) is 5.64. The molecule has 1 N–H and O–H groups in total. The summed E-state index contributed by atoms with van der Waals surface area (Å²) < 4.78 is 13.8. The standard InChI is InChI=1S/C19H28N2O4Si/c1-19(2,3)26(4,5)25-12-15-16(10-14-8-9-24-14)21-11-13(18(22)23)6-7-17(21)20-15/h6-7,11,14H,8-10,12H2,1-5H3,(H,22,23). The Morgan fingerprint density at radius 1 is 1.42 bits per heavy atom. The molecule has 7 heteroatoms. The highest BCUT2D eigenvalue weighted by molar-refractivity contribution is 6.74. The van der Waals surface area contributed by atoms with E-state index in [4.69, 9.17) is 14.1 Å². The molecular weight excluding hydrogens is 348 g/mol. The SMILES string of the molecule is CC(C)(C)[Si](C)(C)OCc1nc2ccc(C(=O)O)cn2c1CC1CCO1. The molecule has 6 nitrogen and oxygen atoms in total. The van der Waals surface area contributed by atoms with Crippen LogP contribution in [0.3, 0.4) is 0 Å². The molecule has 1 aliphatic rings. The van der Waals surface area contributed by atoms with Gasteiger partial charge in [0.1, 0.15) is 5.65 Å². The second-order valence-corrected chi connectivity index (χ2v) is 13.3. The minimum Gasteiger partial charge on any atom is -0.478 e. The monoisotopic (exact) mass is 376 g/mol. The summed E-state index contributed by atoms with van der Waals surface area (Å²) in [5.41, 5.74) is 2.88. The van der Waals surface area contributed by atoms with Crippen LogP contribution in [0, 0.1) is 0 Å². The molecule has 0 spiro atoms. The van der Waals surface area contributed by atoms with E-state index in [0.29, 0.717) is 6.61 Å². The molecule has 2 aromatic rings. The average Bonchev–Trinajstić information content (AvgIpc) is 2.84. The van der Waals surface area contributed by atoms with Crippen LogP contribution in [0.2, 0.25) is 18.1 Å². The first-order valence-electron chi connectivity index (χ1n) is 9.07. The summed E-state index contributed by atoms with van der Waals surface area (Å²) in [5, 5.41) is 9.43. The number of rotatable bonds is 6. The number of imidazole rings is 1. The summed E-state index contributed by atoms with van der Waals surface area (Å²) in [5.74, 6) is -0.939. The molecular formula is C19H28N2O4Si. The van der Waals surface area contributed by atoms with Crippen LogP contribution in [-0.2, 0) is 22.2 Å². The Morgan fingerprint density at radius 2 is 2.12 bits per heavy atom. The van der Waals surface area contributed by atoms with Crippen LogP contribution in [0.5, 0.6) is 0 Å². The van der Waals surface area contributed by atoms with Gasteiger partial charge in [0.2, 0.25) is 0 Å². The van der Waals surface area contributed by atoms with Gasteiger partial charge < -0.3 is 18.7 Å². The average molecular weight is 377 g/mol. The Hall–Kier alpha value is -1.70. The molecule has 0 radical (unpaired) electrons. The Balaban J connectivity index is 1.95. The van der Waals surface area contributed by atoms with Crippen LogP contribution >= 0.6 is 0 Å². The quantitative estimate of drug-likeness (QED) is 0.775. The number of ether oxygens (including phenoxy) is 1. The number of pyridine rings is 1. The zero-order valence-electron chi connectivity index (χ0n) is 16.2. The molecule has 1 saturated heterocycles. The van der Waals surface area contributed by atoms with E-state index in [0.717, 1.165) is 36.5 Å². The van der Waals surface area contributed by atoms with Gasteiger partial charge in [0.25, 0.3) is 0 Å². The number of aromatic carboxylic acids is 1. The molecule has 0 aliphatic carbocycles. The van der Waals surface area contributed by atoms with E-state index < -0.39 is 14.3 Å². The van der Waals surface area contributed by atoms with E-state index in [-0.39, 0.29) is 16.7 Å². The van der Waals surface area contributed by atoms with Crippen molar-refractivity contribution in [1.29, 1.82) is 0 Å². The van der Waals surface area contributed by atoms with E-state index in [1.54, 1.807) is 18.3 Å². The fourth-order valence-corrected chi connectivity index (χ4v) is 3.66. The van der Waals surface area contributed by atoms with Crippen LogP contribution in [0.4, 0.5) is 0 Å². The predicted octanol–water partition coefficient (Wildman–Crippen LogP) is 3.89. The highest BCUT2D eigenvalue weighted by Crippen LogP contribution is 2.37. The molecule has 0 bridgehead atoms. The van der Waals surface area contributed by atoms with Gasteiger partial charge in [-0.15, -0.1) is 0 Å². The largest absolute Gasteiger partial charge is 0.478 e. The fourth-order valence-electron chi connectivity index (χ4n) is 2.73. The first kappa shape index (κ1) is 19.1. The van der Waals surface area contributed by atoms with Crippen molar-refractivity contribution in [1.82, 2.24) is 9.38 Å². The van der Waals surface area contributed by atoms with Crippen LogP contribution in [0.1, 0.15) is 48.9 Å². The molecule has 142 valence electrons. The smallest absolute Gasteiger partial charge is 0.337 e. The molecule has 3 heterocycles. The Bertz CT molecular complexity index is 819. The molecule has 3 rings (SSSR count). The Labute approximate surface area is 155 Å². The van der Waals surface area contributed by atoms with Crippen molar-refractivity contribution in [3.05, 3.63) is 35.3 Å². The number of hydrogen-bond acceptors (Lipinski definition) is 4. The molecule has 1 fully saturated rings. The first-order valence-corrected chi connectivity index (χ1v) is 12.0. The van der Waals surface area contributed by atoms with Crippen molar-refractivity contribution < 1.29 is 19.1 Å². The zero-order chi connectivity index (χ0) is 19.1. The highest BCUT2D eigenvalue weighted by Gasteiger charge is 2.37. The van der Waals surface area contributed by atoms with E-state index in [1.165, 1.54) is 0 Å². The number of nitrogens with zero attached hydrogens (tertiary/aromatic N) is 2. The molecule has 0 amide bonds. The molecule has 1 aliphatic heterocycles. The molecule has 26 heavy (non-hydrogen) atoms. The zero-order valence-corrected chi connectivity index (χ0v) is 17.2. The van der Waals surface area contributed by atoms with Crippen LogP contribution in [-0.4, -0.2) is 41.5 Å².